The molecule has 7 heteroatoms. The fourth-order valence-corrected chi connectivity index (χ4v) is 3.83. The van der Waals surface area contributed by atoms with Crippen molar-refractivity contribution in [3.63, 3.8) is 0 Å². The van der Waals surface area contributed by atoms with Crippen LogP contribution in [0.1, 0.15) is 22.4 Å². The number of rotatable bonds is 5. The fraction of sp³-hybridized carbons (Fsp3) is 0.353. The maximum Gasteiger partial charge on any atom is 0.238 e. The summed E-state index contributed by atoms with van der Waals surface area (Å²) in [4.78, 5) is 17.7. The largest absolute Gasteiger partial charge is 0.344 e. The Labute approximate surface area is 144 Å². The number of thiophene rings is 1. The minimum absolute atomic E-state index is 0.201. The second-order valence-electron chi connectivity index (χ2n) is 5.92. The average molecular weight is 341 g/mol. The summed E-state index contributed by atoms with van der Waals surface area (Å²) in [7, 11) is 0. The number of aromatic nitrogens is 1. The van der Waals surface area contributed by atoms with E-state index in [1.54, 1.807) is 23.6 Å². The topological polar surface area (TPSA) is 104 Å². The molecule has 124 valence electrons. The fourth-order valence-electron chi connectivity index (χ4n) is 3.06. The predicted octanol–water partition coefficient (Wildman–Crippen LogP) is 0.890. The number of carbonyl (C=O) groups excluding carboxylic acids is 1. The summed E-state index contributed by atoms with van der Waals surface area (Å²) in [6, 6.07) is 7.27. The van der Waals surface area contributed by atoms with Crippen LogP contribution in [0.3, 0.4) is 0 Å². The monoisotopic (exact) mass is 341 g/mol. The maximum atomic E-state index is 12.6. The van der Waals surface area contributed by atoms with Gasteiger partial charge in [0.2, 0.25) is 5.91 Å². The molecule has 3 rings (SSSR count). The summed E-state index contributed by atoms with van der Waals surface area (Å²) < 4.78 is 0. The van der Waals surface area contributed by atoms with Gasteiger partial charge in [-0.1, -0.05) is 6.07 Å². The smallest absolute Gasteiger partial charge is 0.238 e. The lowest BCUT2D eigenvalue weighted by Crippen LogP contribution is -2.53. The van der Waals surface area contributed by atoms with Gasteiger partial charge >= 0.3 is 0 Å². The number of pyridine rings is 1. The van der Waals surface area contributed by atoms with E-state index in [-0.39, 0.29) is 5.91 Å². The maximum absolute atomic E-state index is 12.6. The standard InChI is InChI=1S/C17H19N5OS/c18-9-12-10-20-5-3-14(12)17(4-6-21-11-17)22-16(23)15(19)8-13-2-1-7-24-13/h1-3,5,7,10,15,21H,4,6,8,11,19H2,(H,22,23)/t15-,17+/m0/s1. The molecule has 2 aromatic heterocycles. The first-order valence-electron chi connectivity index (χ1n) is 7.80. The van der Waals surface area contributed by atoms with Gasteiger partial charge in [0.25, 0.3) is 0 Å². The minimum Gasteiger partial charge on any atom is -0.344 e. The Morgan fingerprint density at radius 2 is 2.46 bits per heavy atom. The van der Waals surface area contributed by atoms with Gasteiger partial charge in [-0.15, -0.1) is 11.3 Å². The Hall–Kier alpha value is -2.27. The quantitative estimate of drug-likeness (QED) is 0.749. The van der Waals surface area contributed by atoms with Gasteiger partial charge < -0.3 is 16.4 Å². The molecule has 2 atom stereocenters. The molecule has 3 heterocycles. The molecule has 2 aromatic rings. The zero-order valence-corrected chi connectivity index (χ0v) is 14.0. The number of nitrogens with zero attached hydrogens (tertiary/aromatic N) is 2. The highest BCUT2D eigenvalue weighted by atomic mass is 32.1. The second-order valence-corrected chi connectivity index (χ2v) is 6.95. The van der Waals surface area contributed by atoms with Crippen LogP contribution < -0.4 is 16.4 Å². The summed E-state index contributed by atoms with van der Waals surface area (Å²) in [5.74, 6) is -0.201. The molecule has 0 unspecified atom stereocenters. The molecule has 0 bridgehead atoms. The number of hydrogen-bond donors (Lipinski definition) is 3. The van der Waals surface area contributed by atoms with Crippen LogP contribution in [0, 0.1) is 11.3 Å². The summed E-state index contributed by atoms with van der Waals surface area (Å²) >= 11 is 1.59. The van der Waals surface area contributed by atoms with Crippen molar-refractivity contribution in [2.75, 3.05) is 13.1 Å². The Bertz CT molecular complexity index is 747. The Morgan fingerprint density at radius 1 is 1.58 bits per heavy atom. The van der Waals surface area contributed by atoms with E-state index in [2.05, 4.69) is 21.7 Å². The van der Waals surface area contributed by atoms with Crippen molar-refractivity contribution in [3.8, 4) is 6.07 Å². The van der Waals surface area contributed by atoms with E-state index in [0.717, 1.165) is 17.0 Å². The third-order valence-corrected chi connectivity index (χ3v) is 5.21. The van der Waals surface area contributed by atoms with Crippen LogP contribution in [-0.4, -0.2) is 30.0 Å². The lowest BCUT2D eigenvalue weighted by Gasteiger charge is -2.32. The molecule has 1 aliphatic heterocycles. The lowest BCUT2D eigenvalue weighted by atomic mass is 9.86. The first kappa shape index (κ1) is 16.6. The van der Waals surface area contributed by atoms with Crippen molar-refractivity contribution in [1.29, 1.82) is 5.26 Å². The van der Waals surface area contributed by atoms with Gasteiger partial charge in [-0.2, -0.15) is 5.26 Å². The molecule has 0 saturated carbocycles. The Kier molecular flexibility index (Phi) is 4.90. The van der Waals surface area contributed by atoms with Crippen molar-refractivity contribution in [2.24, 2.45) is 5.73 Å². The number of nitriles is 1. The van der Waals surface area contributed by atoms with E-state index in [1.165, 1.54) is 6.20 Å². The van der Waals surface area contributed by atoms with Crippen molar-refractivity contribution in [3.05, 3.63) is 52.0 Å². The van der Waals surface area contributed by atoms with Gasteiger partial charge in [0.05, 0.1) is 17.1 Å². The zero-order valence-electron chi connectivity index (χ0n) is 13.2. The van der Waals surface area contributed by atoms with E-state index < -0.39 is 11.6 Å². The van der Waals surface area contributed by atoms with Gasteiger partial charge in [0, 0.05) is 30.2 Å². The van der Waals surface area contributed by atoms with Crippen LogP contribution in [0.15, 0.2) is 36.0 Å². The first-order chi connectivity index (χ1) is 11.6. The summed E-state index contributed by atoms with van der Waals surface area (Å²) in [6.07, 6.45) is 4.40. The predicted molar refractivity (Wildman–Crippen MR) is 92.3 cm³/mol. The normalized spacial score (nSPS) is 21.2. The van der Waals surface area contributed by atoms with Crippen molar-refractivity contribution >= 4 is 17.2 Å². The van der Waals surface area contributed by atoms with Crippen LogP contribution in [0.2, 0.25) is 0 Å². The Balaban J connectivity index is 1.81. The van der Waals surface area contributed by atoms with Crippen LogP contribution in [0.4, 0.5) is 0 Å². The van der Waals surface area contributed by atoms with Crippen molar-refractivity contribution in [1.82, 2.24) is 15.6 Å². The highest BCUT2D eigenvalue weighted by Gasteiger charge is 2.39. The third-order valence-electron chi connectivity index (χ3n) is 4.31. The molecule has 0 aromatic carbocycles. The average Bonchev–Trinajstić information content (AvgIpc) is 3.27. The summed E-state index contributed by atoms with van der Waals surface area (Å²) in [5, 5.41) is 17.7. The molecular formula is C17H19N5OS. The molecule has 0 aliphatic carbocycles. The molecule has 0 spiro atoms. The SMILES string of the molecule is N#Cc1cnccc1[C@@]1(NC(=O)[C@@H](N)Cc2cccs2)CCNC1. The number of carbonyl (C=O) groups is 1. The van der Waals surface area contributed by atoms with E-state index in [9.17, 15) is 10.1 Å². The van der Waals surface area contributed by atoms with Crippen LogP contribution in [-0.2, 0) is 16.8 Å². The number of hydrogen-bond acceptors (Lipinski definition) is 6. The minimum atomic E-state index is -0.617. The molecule has 1 saturated heterocycles. The van der Waals surface area contributed by atoms with Gasteiger partial charge in [-0.3, -0.25) is 9.78 Å². The third kappa shape index (κ3) is 3.31. The summed E-state index contributed by atoms with van der Waals surface area (Å²) in [6.45, 7) is 1.34. The highest BCUT2D eigenvalue weighted by Crippen LogP contribution is 2.30. The molecule has 1 aliphatic rings. The van der Waals surface area contributed by atoms with Crippen LogP contribution in [0.25, 0.3) is 0 Å². The lowest BCUT2D eigenvalue weighted by molar-refractivity contribution is -0.124. The molecule has 24 heavy (non-hydrogen) atoms. The highest BCUT2D eigenvalue weighted by molar-refractivity contribution is 7.09. The van der Waals surface area contributed by atoms with E-state index in [4.69, 9.17) is 5.73 Å². The zero-order chi connectivity index (χ0) is 17.0. The number of nitrogens with one attached hydrogen (secondary N) is 2. The number of amides is 1. The second kappa shape index (κ2) is 7.09. The molecule has 1 fully saturated rings. The van der Waals surface area contributed by atoms with E-state index in [0.29, 0.717) is 24.9 Å². The van der Waals surface area contributed by atoms with E-state index >= 15 is 0 Å². The van der Waals surface area contributed by atoms with Gasteiger partial charge in [-0.05, 0) is 36.0 Å². The first-order valence-corrected chi connectivity index (χ1v) is 8.68. The van der Waals surface area contributed by atoms with Crippen molar-refractivity contribution in [2.45, 2.75) is 24.4 Å². The van der Waals surface area contributed by atoms with Gasteiger partial charge in [0.1, 0.15) is 6.07 Å². The Morgan fingerprint density at radius 3 is 3.12 bits per heavy atom. The van der Waals surface area contributed by atoms with Crippen molar-refractivity contribution < 1.29 is 4.79 Å². The number of nitrogens with two attached hydrogens (primary N) is 1. The van der Waals surface area contributed by atoms with Crippen LogP contribution >= 0.6 is 11.3 Å². The van der Waals surface area contributed by atoms with Gasteiger partial charge in [0.15, 0.2) is 0 Å². The molecular weight excluding hydrogens is 322 g/mol. The molecule has 4 N–H and O–H groups in total. The van der Waals surface area contributed by atoms with E-state index in [1.807, 2.05) is 17.5 Å². The molecule has 6 nitrogen and oxygen atoms in total. The molecule has 1 amide bonds. The van der Waals surface area contributed by atoms with Gasteiger partial charge in [-0.25, -0.2) is 0 Å². The van der Waals surface area contributed by atoms with Crippen LogP contribution in [0.5, 0.6) is 0 Å². The summed E-state index contributed by atoms with van der Waals surface area (Å²) in [5.41, 5.74) is 6.75. The molecule has 0 radical (unpaired) electrons.